The minimum atomic E-state index is -5.08. The lowest BCUT2D eigenvalue weighted by Gasteiger charge is -2.23. The minimum Gasteiger partial charge on any atom is -0.497 e. The minimum absolute atomic E-state index is 0.0201. The number of hydrogen-bond acceptors (Lipinski definition) is 6. The second-order valence-corrected chi connectivity index (χ2v) is 7.85. The van der Waals surface area contributed by atoms with Crippen LogP contribution in [-0.4, -0.2) is 46.7 Å². The Morgan fingerprint density at radius 2 is 1.59 bits per heavy atom. The van der Waals surface area contributed by atoms with Gasteiger partial charge in [0.25, 0.3) is 5.91 Å². The Labute approximate surface area is 214 Å². The number of aliphatic carboxylic acids is 1. The summed E-state index contributed by atoms with van der Waals surface area (Å²) in [7, 11) is 1.51. The number of benzene rings is 2. The van der Waals surface area contributed by atoms with Crippen LogP contribution in [0.2, 0.25) is 0 Å². The number of fused-ring (bicyclic) bond motifs is 1. The van der Waals surface area contributed by atoms with Gasteiger partial charge in [-0.3, -0.25) is 4.79 Å². The molecule has 1 atom stereocenters. The summed E-state index contributed by atoms with van der Waals surface area (Å²) in [6, 6.07) is 12.1. The maximum Gasteiger partial charge on any atom is 0.573 e. The summed E-state index contributed by atoms with van der Waals surface area (Å²) < 4.78 is 92.3. The van der Waals surface area contributed by atoms with Gasteiger partial charge in [-0.15, -0.1) is 13.2 Å². The van der Waals surface area contributed by atoms with Gasteiger partial charge in [0.05, 0.1) is 19.3 Å². The molecule has 2 N–H and O–H groups in total. The number of anilines is 1. The molecule has 0 radical (unpaired) electrons. The number of carboxylic acid groups (broad SMARTS) is 1. The van der Waals surface area contributed by atoms with Gasteiger partial charge in [0.15, 0.2) is 5.60 Å². The zero-order chi connectivity index (χ0) is 29.2. The highest BCUT2D eigenvalue weighted by molar-refractivity contribution is 6.09. The number of rotatable bonds is 5. The quantitative estimate of drug-likeness (QED) is 0.347. The Bertz CT molecular complexity index is 1350. The standard InChI is InChI=1S/C22H16F4N2O4.C2HF3O2/c1-31-15-5-2-13(3-6-15)12-28-18-8-7-16(32-22(24,25)26)10-17(18)21(30,20(28)29)14-4-9-19(23)27-11-14;3-2(4,5)1(6)7/h2-11,30H,12H2,1H3;(H,6,7). The molecule has 2 aromatic carbocycles. The molecule has 1 unspecified atom stereocenters. The molecule has 0 saturated heterocycles. The van der Waals surface area contributed by atoms with Crippen molar-refractivity contribution in [2.24, 2.45) is 0 Å². The molecule has 0 fully saturated rings. The van der Waals surface area contributed by atoms with Crippen molar-refractivity contribution in [2.75, 3.05) is 12.0 Å². The molecule has 3 aromatic rings. The number of ether oxygens (including phenoxy) is 2. The van der Waals surface area contributed by atoms with Crippen LogP contribution in [0.3, 0.4) is 0 Å². The van der Waals surface area contributed by atoms with Crippen LogP contribution in [0.4, 0.5) is 36.4 Å². The fraction of sp³-hybridized carbons (Fsp3) is 0.208. The molecule has 1 aromatic heterocycles. The van der Waals surface area contributed by atoms with E-state index >= 15 is 0 Å². The van der Waals surface area contributed by atoms with Gasteiger partial charge >= 0.3 is 18.5 Å². The molecule has 4 rings (SSSR count). The highest BCUT2D eigenvalue weighted by Gasteiger charge is 2.52. The molecule has 1 amide bonds. The van der Waals surface area contributed by atoms with Crippen molar-refractivity contribution in [1.29, 1.82) is 0 Å². The lowest BCUT2D eigenvalue weighted by molar-refractivity contribution is -0.274. The second-order valence-electron chi connectivity index (χ2n) is 7.85. The van der Waals surface area contributed by atoms with Crippen molar-refractivity contribution in [2.45, 2.75) is 24.7 Å². The molecule has 8 nitrogen and oxygen atoms in total. The van der Waals surface area contributed by atoms with Crippen LogP contribution in [-0.2, 0) is 21.7 Å². The Morgan fingerprint density at radius 1 is 1.00 bits per heavy atom. The number of aromatic nitrogens is 1. The SMILES string of the molecule is COc1ccc(CN2C(=O)C(O)(c3ccc(F)nc3)c3cc(OC(F)(F)F)ccc32)cc1.O=C(O)C(F)(F)F. The number of carboxylic acids is 1. The highest BCUT2D eigenvalue weighted by Crippen LogP contribution is 2.46. The van der Waals surface area contributed by atoms with Crippen LogP contribution in [0, 0.1) is 5.95 Å². The number of carbonyl (C=O) groups excluding carboxylic acids is 1. The lowest BCUT2D eigenvalue weighted by Crippen LogP contribution is -2.41. The summed E-state index contributed by atoms with van der Waals surface area (Å²) in [5.74, 6) is -4.42. The van der Waals surface area contributed by atoms with Crippen LogP contribution >= 0.6 is 0 Å². The summed E-state index contributed by atoms with van der Waals surface area (Å²) in [5.41, 5.74) is -1.74. The third-order valence-electron chi connectivity index (χ3n) is 5.32. The average molecular weight is 562 g/mol. The van der Waals surface area contributed by atoms with Crippen LogP contribution in [0.15, 0.2) is 60.8 Å². The van der Waals surface area contributed by atoms with Gasteiger partial charge < -0.3 is 24.6 Å². The van der Waals surface area contributed by atoms with E-state index in [1.165, 1.54) is 18.1 Å². The van der Waals surface area contributed by atoms with Crippen molar-refractivity contribution in [3.63, 3.8) is 0 Å². The predicted molar refractivity (Wildman–Crippen MR) is 118 cm³/mol. The summed E-state index contributed by atoms with van der Waals surface area (Å²) in [6.45, 7) is 0.0201. The van der Waals surface area contributed by atoms with E-state index < -0.39 is 41.7 Å². The van der Waals surface area contributed by atoms with E-state index in [0.29, 0.717) is 11.3 Å². The fourth-order valence-electron chi connectivity index (χ4n) is 3.60. The molecule has 0 spiro atoms. The summed E-state index contributed by atoms with van der Waals surface area (Å²) >= 11 is 0. The largest absolute Gasteiger partial charge is 0.573 e. The number of nitrogens with zero attached hydrogens (tertiary/aromatic N) is 2. The van der Waals surface area contributed by atoms with E-state index in [-0.39, 0.29) is 23.4 Å². The van der Waals surface area contributed by atoms with Gasteiger partial charge in [0, 0.05) is 17.3 Å². The molecular formula is C24H17F7N2O6. The molecular weight excluding hydrogens is 545 g/mol. The predicted octanol–water partition coefficient (Wildman–Crippen LogP) is 4.54. The van der Waals surface area contributed by atoms with Crippen molar-refractivity contribution in [3.05, 3.63) is 83.4 Å². The Hall–Kier alpha value is -4.40. The van der Waals surface area contributed by atoms with E-state index in [9.17, 15) is 40.6 Å². The second kappa shape index (κ2) is 10.8. The van der Waals surface area contributed by atoms with E-state index in [4.69, 9.17) is 14.6 Å². The molecule has 208 valence electrons. The normalized spacial score (nSPS) is 16.7. The first-order chi connectivity index (χ1) is 18.1. The van der Waals surface area contributed by atoms with Gasteiger partial charge in [-0.1, -0.05) is 12.1 Å². The highest BCUT2D eigenvalue weighted by atomic mass is 19.4. The van der Waals surface area contributed by atoms with Crippen LogP contribution in [0.5, 0.6) is 11.5 Å². The maximum absolute atomic E-state index is 13.4. The maximum atomic E-state index is 13.4. The number of amides is 1. The Kier molecular flexibility index (Phi) is 8.05. The van der Waals surface area contributed by atoms with E-state index in [2.05, 4.69) is 9.72 Å². The topological polar surface area (TPSA) is 109 Å². The third kappa shape index (κ3) is 6.54. The molecule has 1 aliphatic rings. The summed E-state index contributed by atoms with van der Waals surface area (Å²) in [4.78, 5) is 27.0. The first kappa shape index (κ1) is 29.2. The van der Waals surface area contributed by atoms with Crippen LogP contribution < -0.4 is 14.4 Å². The van der Waals surface area contributed by atoms with Crippen LogP contribution in [0.25, 0.3) is 0 Å². The molecule has 0 bridgehead atoms. The number of pyridine rings is 1. The zero-order valence-corrected chi connectivity index (χ0v) is 19.5. The van der Waals surface area contributed by atoms with Crippen LogP contribution in [0.1, 0.15) is 16.7 Å². The Morgan fingerprint density at radius 3 is 2.08 bits per heavy atom. The first-order valence-corrected chi connectivity index (χ1v) is 10.6. The van der Waals surface area contributed by atoms with Crippen molar-refractivity contribution in [1.82, 2.24) is 4.98 Å². The number of halogens is 7. The van der Waals surface area contributed by atoms with Gasteiger partial charge in [0.2, 0.25) is 5.95 Å². The fourth-order valence-corrected chi connectivity index (χ4v) is 3.60. The molecule has 2 heterocycles. The summed E-state index contributed by atoms with van der Waals surface area (Å²) in [6.07, 6.45) is -9.08. The van der Waals surface area contributed by atoms with Gasteiger partial charge in [0.1, 0.15) is 11.5 Å². The zero-order valence-electron chi connectivity index (χ0n) is 19.5. The monoisotopic (exact) mass is 562 g/mol. The van der Waals surface area contributed by atoms with Gasteiger partial charge in [-0.25, -0.2) is 9.78 Å². The first-order valence-electron chi connectivity index (χ1n) is 10.6. The Balaban J connectivity index is 0.000000532. The molecule has 39 heavy (non-hydrogen) atoms. The van der Waals surface area contributed by atoms with E-state index in [0.717, 1.165) is 30.5 Å². The van der Waals surface area contributed by atoms with Crippen molar-refractivity contribution in [3.8, 4) is 11.5 Å². The van der Waals surface area contributed by atoms with Crippen molar-refractivity contribution < 1.29 is 60.0 Å². The molecule has 1 aliphatic heterocycles. The van der Waals surface area contributed by atoms with E-state index in [1.54, 1.807) is 24.3 Å². The number of aliphatic hydroxyl groups is 1. The number of hydrogen-bond donors (Lipinski definition) is 2. The van der Waals surface area contributed by atoms with Crippen molar-refractivity contribution >= 4 is 17.6 Å². The third-order valence-corrected chi connectivity index (χ3v) is 5.32. The number of methoxy groups -OCH3 is 1. The smallest absolute Gasteiger partial charge is 0.497 e. The van der Waals surface area contributed by atoms with E-state index in [1.807, 2.05) is 0 Å². The summed E-state index contributed by atoms with van der Waals surface area (Å²) in [5, 5.41) is 18.5. The average Bonchev–Trinajstić information content (AvgIpc) is 3.06. The molecule has 0 saturated carbocycles. The molecule has 0 aliphatic carbocycles. The number of alkyl halides is 6. The lowest BCUT2D eigenvalue weighted by atomic mass is 9.88. The van der Waals surface area contributed by atoms with Gasteiger partial charge in [-0.2, -0.15) is 17.6 Å². The van der Waals surface area contributed by atoms with Gasteiger partial charge in [-0.05, 0) is 48.0 Å². The molecule has 15 heteroatoms. The number of carbonyl (C=O) groups is 2.